The molecule has 1 aromatic rings. The zero-order chi connectivity index (χ0) is 10.1. The van der Waals surface area contributed by atoms with E-state index >= 15 is 0 Å². The summed E-state index contributed by atoms with van der Waals surface area (Å²) in [6.07, 6.45) is 3.04. The Kier molecular flexibility index (Phi) is 3.31. The number of rotatable bonds is 1. The molecule has 1 aromatic carbocycles. The van der Waals surface area contributed by atoms with Gasteiger partial charge in [0, 0.05) is 12.0 Å². The maximum atomic E-state index is 9.59. The molecule has 15 heavy (non-hydrogen) atoms. The predicted octanol–water partition coefficient (Wildman–Crippen LogP) is 0.841. The van der Waals surface area contributed by atoms with Gasteiger partial charge < -0.3 is 15.3 Å². The van der Waals surface area contributed by atoms with Gasteiger partial charge in [-0.1, -0.05) is 0 Å². The second-order valence-corrected chi connectivity index (χ2v) is 3.58. The summed E-state index contributed by atoms with van der Waals surface area (Å²) in [5, 5.41) is 9.59. The van der Waals surface area contributed by atoms with Crippen LogP contribution in [0.4, 0.5) is 0 Å². The lowest BCUT2D eigenvalue weighted by Crippen LogP contribution is -2.18. The van der Waals surface area contributed by atoms with Gasteiger partial charge in [-0.2, -0.15) is 0 Å². The predicted molar refractivity (Wildman–Crippen MR) is 56.5 cm³/mol. The van der Waals surface area contributed by atoms with Crippen LogP contribution in [0, 0.1) is 0 Å². The molecular weight excluding hydrogens is 194 g/mol. The van der Waals surface area contributed by atoms with Gasteiger partial charge in [-0.05, 0) is 17.7 Å². The van der Waals surface area contributed by atoms with Crippen molar-refractivity contribution in [2.24, 2.45) is 0 Å². The summed E-state index contributed by atoms with van der Waals surface area (Å²) < 4.78 is 7.18. The molecule has 0 saturated carbocycles. The zero-order valence-corrected chi connectivity index (χ0v) is 8.90. The van der Waals surface area contributed by atoms with E-state index in [4.69, 9.17) is 4.74 Å². The minimum absolute atomic E-state index is 0. The van der Waals surface area contributed by atoms with Gasteiger partial charge in [0.05, 0.1) is 7.11 Å². The smallest absolute Gasteiger partial charge is 0.170 e. The molecule has 0 saturated heterocycles. The van der Waals surface area contributed by atoms with Crippen molar-refractivity contribution in [2.75, 3.05) is 20.7 Å². The van der Waals surface area contributed by atoms with E-state index in [2.05, 4.69) is 4.58 Å². The van der Waals surface area contributed by atoms with E-state index in [0.717, 1.165) is 18.5 Å². The Balaban J connectivity index is 0.00000112. The van der Waals surface area contributed by atoms with Gasteiger partial charge in [0.25, 0.3) is 0 Å². The maximum absolute atomic E-state index is 9.59. The van der Waals surface area contributed by atoms with Gasteiger partial charge >= 0.3 is 0 Å². The largest absolute Gasteiger partial charge is 0.870 e. The summed E-state index contributed by atoms with van der Waals surface area (Å²) in [6, 6.07) is 3.66. The molecule has 0 spiro atoms. The van der Waals surface area contributed by atoms with E-state index < -0.39 is 0 Å². The van der Waals surface area contributed by atoms with Crippen molar-refractivity contribution < 1.29 is 19.9 Å². The van der Waals surface area contributed by atoms with Crippen molar-refractivity contribution in [3.05, 3.63) is 23.3 Å². The molecule has 1 aliphatic heterocycles. The van der Waals surface area contributed by atoms with E-state index in [9.17, 15) is 5.11 Å². The summed E-state index contributed by atoms with van der Waals surface area (Å²) in [5.74, 6) is 0.763. The van der Waals surface area contributed by atoms with Crippen molar-refractivity contribution >= 4 is 6.21 Å². The second-order valence-electron chi connectivity index (χ2n) is 3.58. The Morgan fingerprint density at radius 3 is 2.80 bits per heavy atom. The fourth-order valence-corrected chi connectivity index (χ4v) is 1.73. The summed E-state index contributed by atoms with van der Waals surface area (Å²) in [4.78, 5) is 0. The topological polar surface area (TPSA) is 62.5 Å². The molecule has 1 heterocycles. The third kappa shape index (κ3) is 2.10. The van der Waals surface area contributed by atoms with Gasteiger partial charge in [-0.15, -0.1) is 0 Å². The fraction of sp³-hybridized carbons (Fsp3) is 0.364. The van der Waals surface area contributed by atoms with Crippen molar-refractivity contribution in [1.29, 1.82) is 0 Å². The van der Waals surface area contributed by atoms with Crippen LogP contribution in [0.15, 0.2) is 12.1 Å². The number of aromatic hydroxyl groups is 1. The second kappa shape index (κ2) is 4.31. The van der Waals surface area contributed by atoms with Crippen LogP contribution < -0.4 is 4.74 Å². The Labute approximate surface area is 88.7 Å². The fourth-order valence-electron chi connectivity index (χ4n) is 1.73. The normalized spacial score (nSPS) is 13.6. The molecule has 0 radical (unpaired) electrons. The van der Waals surface area contributed by atoms with E-state index in [1.807, 2.05) is 19.3 Å². The highest BCUT2D eigenvalue weighted by Gasteiger charge is 2.15. The SMILES string of the molecule is COc1cc2c(cc1O)C=[N+](C)CC2.[OH-]. The molecule has 4 nitrogen and oxygen atoms in total. The van der Waals surface area contributed by atoms with Crippen LogP contribution in [-0.2, 0) is 6.42 Å². The lowest BCUT2D eigenvalue weighted by atomic mass is 10.0. The minimum atomic E-state index is 0. The molecular formula is C11H15NO3. The molecule has 0 atom stereocenters. The Hall–Kier alpha value is -1.55. The average molecular weight is 209 g/mol. The maximum Gasteiger partial charge on any atom is 0.170 e. The standard InChI is InChI=1S/C11H13NO2.H2O/c1-12-4-3-8-6-11(14-2)10(13)5-9(8)7-12;/h5-7H,3-4H2,1-2H3;1H2. The van der Waals surface area contributed by atoms with Crippen LogP contribution >= 0.6 is 0 Å². The first-order valence-electron chi connectivity index (χ1n) is 4.65. The molecule has 0 aromatic heterocycles. The van der Waals surface area contributed by atoms with Crippen LogP contribution in [-0.4, -0.2) is 42.1 Å². The monoisotopic (exact) mass is 209 g/mol. The number of benzene rings is 1. The van der Waals surface area contributed by atoms with E-state index in [0.29, 0.717) is 5.75 Å². The van der Waals surface area contributed by atoms with Gasteiger partial charge in [-0.25, -0.2) is 4.58 Å². The highest BCUT2D eigenvalue weighted by molar-refractivity contribution is 5.80. The van der Waals surface area contributed by atoms with E-state index in [-0.39, 0.29) is 11.2 Å². The summed E-state index contributed by atoms with van der Waals surface area (Å²) >= 11 is 0. The average Bonchev–Trinajstić information content (AvgIpc) is 2.16. The van der Waals surface area contributed by atoms with Gasteiger partial charge in [0.15, 0.2) is 17.7 Å². The van der Waals surface area contributed by atoms with Crippen LogP contribution in [0.2, 0.25) is 0 Å². The molecule has 0 bridgehead atoms. The number of phenols is 1. The number of phenolic OH excluding ortho intramolecular Hbond substituents is 1. The molecule has 2 N–H and O–H groups in total. The van der Waals surface area contributed by atoms with Crippen LogP contribution in [0.5, 0.6) is 11.5 Å². The Morgan fingerprint density at radius 2 is 2.13 bits per heavy atom. The Bertz CT molecular complexity index is 399. The molecule has 4 heteroatoms. The van der Waals surface area contributed by atoms with Crippen molar-refractivity contribution in [1.82, 2.24) is 0 Å². The van der Waals surface area contributed by atoms with Crippen molar-refractivity contribution in [3.8, 4) is 11.5 Å². The quantitative estimate of drug-likeness (QED) is 0.697. The van der Waals surface area contributed by atoms with Crippen molar-refractivity contribution in [2.45, 2.75) is 6.42 Å². The Morgan fingerprint density at radius 1 is 1.40 bits per heavy atom. The number of nitrogens with zero attached hydrogens (tertiary/aromatic N) is 1. The number of methoxy groups -OCH3 is 1. The van der Waals surface area contributed by atoms with Gasteiger partial charge in [-0.3, -0.25) is 0 Å². The first-order valence-corrected chi connectivity index (χ1v) is 4.65. The first kappa shape index (κ1) is 11.5. The third-order valence-electron chi connectivity index (χ3n) is 2.53. The molecule has 0 aliphatic carbocycles. The van der Waals surface area contributed by atoms with Crippen LogP contribution in [0.1, 0.15) is 11.1 Å². The molecule has 0 fully saturated rings. The summed E-state index contributed by atoms with van der Waals surface area (Å²) in [6.45, 7) is 1.01. The van der Waals surface area contributed by atoms with E-state index in [1.54, 1.807) is 13.2 Å². The molecule has 1 aliphatic rings. The summed E-state index contributed by atoms with van der Waals surface area (Å²) in [5.41, 5.74) is 2.31. The van der Waals surface area contributed by atoms with Gasteiger partial charge in [0.1, 0.15) is 13.6 Å². The van der Waals surface area contributed by atoms with Gasteiger partial charge in [0.2, 0.25) is 0 Å². The van der Waals surface area contributed by atoms with Crippen LogP contribution in [0.3, 0.4) is 0 Å². The van der Waals surface area contributed by atoms with Crippen LogP contribution in [0.25, 0.3) is 0 Å². The first-order chi connectivity index (χ1) is 6.70. The van der Waals surface area contributed by atoms with E-state index in [1.165, 1.54) is 5.56 Å². The lowest BCUT2D eigenvalue weighted by molar-refractivity contribution is -0.493. The highest BCUT2D eigenvalue weighted by Crippen LogP contribution is 2.29. The third-order valence-corrected chi connectivity index (χ3v) is 2.53. The minimum Gasteiger partial charge on any atom is -0.870 e. The highest BCUT2D eigenvalue weighted by atomic mass is 16.5. The molecule has 0 unspecified atom stereocenters. The summed E-state index contributed by atoms with van der Waals surface area (Å²) in [7, 11) is 3.60. The van der Waals surface area contributed by atoms with Crippen molar-refractivity contribution in [3.63, 3.8) is 0 Å². The lowest BCUT2D eigenvalue weighted by Gasteiger charge is -2.12. The number of hydrogen-bond donors (Lipinski definition) is 1. The molecule has 0 amide bonds. The molecule has 2 rings (SSSR count). The zero-order valence-electron chi connectivity index (χ0n) is 8.90. The number of likely N-dealkylation sites (N-methyl/N-ethyl adjacent to an activating group) is 1. The number of ether oxygens (including phenoxy) is 1. The number of fused-ring (bicyclic) bond motifs is 1. The number of hydrogen-bond acceptors (Lipinski definition) is 3. The molecule has 82 valence electrons.